The minimum Gasteiger partial charge on any atom is -0.297 e. The highest BCUT2D eigenvalue weighted by molar-refractivity contribution is 7.12. The molecule has 1 aromatic rings. The highest BCUT2D eigenvalue weighted by Crippen LogP contribution is 2.30. The van der Waals surface area contributed by atoms with Crippen LogP contribution in [-0.2, 0) is 0 Å². The summed E-state index contributed by atoms with van der Waals surface area (Å²) in [5, 5.41) is 1.99. The van der Waals surface area contributed by atoms with Crippen LogP contribution in [0.1, 0.15) is 41.9 Å². The van der Waals surface area contributed by atoms with Crippen LogP contribution in [0.4, 0.5) is 0 Å². The van der Waals surface area contributed by atoms with Crippen molar-refractivity contribution in [2.45, 2.75) is 39.2 Å². The van der Waals surface area contributed by atoms with Crippen LogP contribution >= 0.6 is 11.3 Å². The molecule has 90 valence electrons. The second-order valence-electron chi connectivity index (χ2n) is 4.39. The van der Waals surface area contributed by atoms with E-state index in [1.807, 2.05) is 32.5 Å². The van der Waals surface area contributed by atoms with Crippen molar-refractivity contribution in [3.05, 3.63) is 21.9 Å². The molecule has 0 amide bonds. The van der Waals surface area contributed by atoms with Crippen LogP contribution in [0.25, 0.3) is 0 Å². The van der Waals surface area contributed by atoms with E-state index in [9.17, 15) is 4.79 Å². The fourth-order valence-corrected chi connectivity index (χ4v) is 3.18. The van der Waals surface area contributed by atoms with Gasteiger partial charge in [0.1, 0.15) is 0 Å². The lowest BCUT2D eigenvalue weighted by Crippen LogP contribution is -2.50. The minimum atomic E-state index is -0.338. The lowest BCUT2D eigenvalue weighted by molar-refractivity contribution is 0.0660. The maximum absolute atomic E-state index is 12.6. The van der Waals surface area contributed by atoms with Crippen LogP contribution in [0.2, 0.25) is 0 Å². The van der Waals surface area contributed by atoms with Crippen LogP contribution in [0.5, 0.6) is 0 Å². The number of hydrogen-bond acceptors (Lipinski definition) is 3. The van der Waals surface area contributed by atoms with Gasteiger partial charge in [-0.2, -0.15) is 0 Å². The summed E-state index contributed by atoms with van der Waals surface area (Å²) in [5.74, 6) is 0.273. The Morgan fingerprint density at radius 3 is 2.25 bits per heavy atom. The summed E-state index contributed by atoms with van der Waals surface area (Å²) in [7, 11) is 3.99. The van der Waals surface area contributed by atoms with Crippen molar-refractivity contribution < 1.29 is 4.79 Å². The molecule has 0 spiro atoms. The summed E-state index contributed by atoms with van der Waals surface area (Å²) in [6.07, 6.45) is 1.71. The molecule has 0 aromatic carbocycles. The van der Waals surface area contributed by atoms with Gasteiger partial charge in [0.05, 0.1) is 10.4 Å². The topological polar surface area (TPSA) is 20.3 Å². The SMILES string of the molecule is CCC(CC)(C(=O)c1sccc1C)N(C)C. The molecular weight excluding hydrogens is 218 g/mol. The first-order valence-corrected chi connectivity index (χ1v) is 6.63. The average Bonchev–Trinajstić information content (AvgIpc) is 2.66. The zero-order valence-corrected chi connectivity index (χ0v) is 11.6. The first-order valence-electron chi connectivity index (χ1n) is 5.76. The van der Waals surface area contributed by atoms with Crippen LogP contribution in [0.15, 0.2) is 11.4 Å². The van der Waals surface area contributed by atoms with Gasteiger partial charge in [0, 0.05) is 0 Å². The van der Waals surface area contributed by atoms with Crippen molar-refractivity contribution in [2.75, 3.05) is 14.1 Å². The number of hydrogen-bond donors (Lipinski definition) is 0. The quantitative estimate of drug-likeness (QED) is 0.734. The number of nitrogens with zero attached hydrogens (tertiary/aromatic N) is 1. The summed E-state index contributed by atoms with van der Waals surface area (Å²) in [6, 6.07) is 2.02. The third-order valence-corrected chi connectivity index (χ3v) is 4.53. The number of aryl methyl sites for hydroxylation is 1. The zero-order valence-electron chi connectivity index (χ0n) is 10.8. The van der Waals surface area contributed by atoms with E-state index in [-0.39, 0.29) is 11.3 Å². The molecule has 0 aliphatic heterocycles. The number of carbonyl (C=O) groups excluding carboxylic acids is 1. The molecule has 2 nitrogen and oxygen atoms in total. The lowest BCUT2D eigenvalue weighted by Gasteiger charge is -2.36. The monoisotopic (exact) mass is 239 g/mol. The Morgan fingerprint density at radius 1 is 1.38 bits per heavy atom. The van der Waals surface area contributed by atoms with Gasteiger partial charge in [-0.3, -0.25) is 9.69 Å². The number of likely N-dealkylation sites (N-methyl/N-ethyl adjacent to an activating group) is 1. The van der Waals surface area contributed by atoms with Gasteiger partial charge in [0.15, 0.2) is 5.78 Å². The fourth-order valence-electron chi connectivity index (χ4n) is 2.22. The van der Waals surface area contributed by atoms with E-state index in [1.165, 1.54) is 0 Å². The second-order valence-corrected chi connectivity index (χ2v) is 5.31. The first kappa shape index (κ1) is 13.4. The molecule has 1 rings (SSSR count). The molecule has 0 N–H and O–H groups in total. The molecule has 0 saturated carbocycles. The summed E-state index contributed by atoms with van der Waals surface area (Å²) in [4.78, 5) is 15.6. The van der Waals surface area contributed by atoms with Crippen LogP contribution in [-0.4, -0.2) is 30.3 Å². The molecule has 0 fully saturated rings. The van der Waals surface area contributed by atoms with Crippen LogP contribution in [0.3, 0.4) is 0 Å². The molecule has 3 heteroatoms. The summed E-state index contributed by atoms with van der Waals surface area (Å²) < 4.78 is 0. The molecule has 0 unspecified atom stereocenters. The Morgan fingerprint density at radius 2 is 1.94 bits per heavy atom. The Balaban J connectivity index is 3.15. The Labute approximate surface area is 102 Å². The van der Waals surface area contributed by atoms with E-state index in [0.717, 1.165) is 23.3 Å². The fraction of sp³-hybridized carbons (Fsp3) is 0.615. The molecule has 0 saturated heterocycles. The van der Waals surface area contributed by atoms with Gasteiger partial charge in [0.2, 0.25) is 0 Å². The van der Waals surface area contributed by atoms with Crippen molar-refractivity contribution in [3.63, 3.8) is 0 Å². The number of Topliss-reactive ketones (excluding diaryl/α,β-unsaturated/α-hetero) is 1. The molecule has 0 aliphatic rings. The predicted molar refractivity (Wildman–Crippen MR) is 70.4 cm³/mol. The third-order valence-electron chi connectivity index (χ3n) is 3.52. The highest BCUT2D eigenvalue weighted by Gasteiger charge is 2.38. The van der Waals surface area contributed by atoms with E-state index >= 15 is 0 Å². The van der Waals surface area contributed by atoms with Crippen LogP contribution < -0.4 is 0 Å². The highest BCUT2D eigenvalue weighted by atomic mass is 32.1. The molecule has 0 atom stereocenters. The van der Waals surface area contributed by atoms with Gasteiger partial charge in [-0.25, -0.2) is 0 Å². The van der Waals surface area contributed by atoms with E-state index in [0.29, 0.717) is 0 Å². The third kappa shape index (κ3) is 2.06. The van der Waals surface area contributed by atoms with Gasteiger partial charge < -0.3 is 0 Å². The Bertz CT molecular complexity index is 364. The average molecular weight is 239 g/mol. The normalized spacial score (nSPS) is 12.1. The number of carbonyl (C=O) groups is 1. The van der Waals surface area contributed by atoms with Gasteiger partial charge in [-0.05, 0) is 50.9 Å². The molecule has 0 radical (unpaired) electrons. The van der Waals surface area contributed by atoms with Crippen molar-refractivity contribution >= 4 is 17.1 Å². The summed E-state index contributed by atoms with van der Waals surface area (Å²) >= 11 is 1.56. The molecule has 0 bridgehead atoms. The maximum atomic E-state index is 12.6. The summed E-state index contributed by atoms with van der Waals surface area (Å²) in [6.45, 7) is 6.18. The van der Waals surface area contributed by atoms with Crippen molar-refractivity contribution in [2.24, 2.45) is 0 Å². The van der Waals surface area contributed by atoms with Gasteiger partial charge in [-0.1, -0.05) is 13.8 Å². The lowest BCUT2D eigenvalue weighted by atomic mass is 9.85. The molecular formula is C13H21NOS. The standard InChI is InChI=1S/C13H21NOS/c1-6-13(7-2,14(4)5)12(15)11-10(3)8-9-16-11/h8-9H,6-7H2,1-5H3. The van der Waals surface area contributed by atoms with Gasteiger partial charge >= 0.3 is 0 Å². The molecule has 1 aromatic heterocycles. The Kier molecular flexibility index (Phi) is 4.28. The second kappa shape index (κ2) is 5.11. The van der Waals surface area contributed by atoms with E-state index < -0.39 is 0 Å². The predicted octanol–water partition coefficient (Wildman–Crippen LogP) is 3.36. The van der Waals surface area contributed by atoms with Crippen molar-refractivity contribution in [1.29, 1.82) is 0 Å². The van der Waals surface area contributed by atoms with E-state index in [4.69, 9.17) is 0 Å². The van der Waals surface area contributed by atoms with Gasteiger partial charge in [0.25, 0.3) is 0 Å². The number of thiophene rings is 1. The number of ketones is 1. The van der Waals surface area contributed by atoms with E-state index in [1.54, 1.807) is 11.3 Å². The van der Waals surface area contributed by atoms with Crippen molar-refractivity contribution in [1.82, 2.24) is 4.90 Å². The molecule has 0 aliphatic carbocycles. The summed E-state index contributed by atoms with van der Waals surface area (Å²) in [5.41, 5.74) is 0.762. The van der Waals surface area contributed by atoms with Gasteiger partial charge in [-0.15, -0.1) is 11.3 Å². The Hall–Kier alpha value is -0.670. The molecule has 16 heavy (non-hydrogen) atoms. The first-order chi connectivity index (χ1) is 7.49. The van der Waals surface area contributed by atoms with Crippen molar-refractivity contribution in [3.8, 4) is 0 Å². The number of rotatable bonds is 5. The van der Waals surface area contributed by atoms with E-state index in [2.05, 4.69) is 18.7 Å². The minimum absolute atomic E-state index is 0.273. The smallest absolute Gasteiger partial charge is 0.193 e. The van der Waals surface area contributed by atoms with Crippen LogP contribution in [0, 0.1) is 6.92 Å². The molecule has 1 heterocycles. The maximum Gasteiger partial charge on any atom is 0.193 e. The zero-order chi connectivity index (χ0) is 12.3. The largest absolute Gasteiger partial charge is 0.297 e.